The van der Waals surface area contributed by atoms with Gasteiger partial charge in [-0.05, 0) is 25.7 Å². The minimum absolute atomic E-state index is 0.00339. The van der Waals surface area contributed by atoms with Crippen LogP contribution in [0.4, 0.5) is 57.1 Å². The van der Waals surface area contributed by atoms with Gasteiger partial charge in [-0.15, -0.1) is 0 Å². The summed E-state index contributed by atoms with van der Waals surface area (Å²) in [6, 6.07) is 0. The second kappa shape index (κ2) is 12.0. The fourth-order valence-electron chi connectivity index (χ4n) is 2.95. The first-order valence-corrected chi connectivity index (χ1v) is 11.3. The highest BCUT2D eigenvalue weighted by molar-refractivity contribution is 7.89. The molecule has 0 rings (SSSR count). The molecule has 0 aromatic rings. The van der Waals surface area contributed by atoms with E-state index < -0.39 is 83.7 Å². The van der Waals surface area contributed by atoms with Crippen molar-refractivity contribution in [2.75, 3.05) is 25.9 Å². The molecule has 0 bridgehead atoms. The van der Waals surface area contributed by atoms with Gasteiger partial charge in [-0.3, -0.25) is 0 Å². The minimum Gasteiger partial charge on any atom is -0.314 e. The number of nitrogens with zero attached hydrogens (tertiary/aromatic N) is 1. The molecule has 0 radical (unpaired) electrons. The lowest BCUT2D eigenvalue weighted by Gasteiger charge is -2.35. The maximum Gasteiger partial charge on any atom is 0.431 e. The number of rotatable bonds is 13. The van der Waals surface area contributed by atoms with Gasteiger partial charge in [-0.2, -0.15) is 57.7 Å². The zero-order valence-electron chi connectivity index (χ0n) is 17.8. The molecule has 0 spiro atoms. The molecule has 2 N–H and O–H groups in total. The molecule has 0 aromatic heterocycles. The predicted molar refractivity (Wildman–Crippen MR) is 94.3 cm³/mol. The SMILES string of the molecule is CN(O)CCCNS(=O)(=O)CCCC(CC(CC(F)(C(F)(F)F)C(F)(F)F)C(F)(F)F)C(F)(F)F. The highest BCUT2D eigenvalue weighted by Crippen LogP contribution is 2.53. The standard InChI is InChI=1S/C16H23F13N2O3S/c1-31(32)6-3-5-30-35(33,34)7-2-4-10(13(18,19)20)8-11(14(21,22)23)9-12(17,15(24,25)26)16(27,28)29/h10-11,30,32H,2-9H2,1H3. The lowest BCUT2D eigenvalue weighted by molar-refractivity contribution is -0.353. The number of hydroxylamine groups is 2. The van der Waals surface area contributed by atoms with Crippen LogP contribution in [0.1, 0.15) is 32.1 Å². The molecule has 212 valence electrons. The van der Waals surface area contributed by atoms with Crippen molar-refractivity contribution < 1.29 is 70.7 Å². The van der Waals surface area contributed by atoms with Crippen molar-refractivity contribution in [1.29, 1.82) is 0 Å². The van der Waals surface area contributed by atoms with Crippen LogP contribution in [0.15, 0.2) is 0 Å². The fourth-order valence-corrected chi connectivity index (χ4v) is 4.10. The third-order valence-electron chi connectivity index (χ3n) is 4.87. The first kappa shape index (κ1) is 33.9. The van der Waals surface area contributed by atoms with E-state index in [0.29, 0.717) is 5.06 Å². The van der Waals surface area contributed by atoms with Crippen molar-refractivity contribution in [2.24, 2.45) is 11.8 Å². The van der Waals surface area contributed by atoms with Crippen LogP contribution in [-0.2, 0) is 10.0 Å². The molecular weight excluding hydrogens is 547 g/mol. The molecule has 2 unspecified atom stereocenters. The summed E-state index contributed by atoms with van der Waals surface area (Å²) in [7, 11) is -3.01. The molecule has 0 aliphatic rings. The average Bonchev–Trinajstić information content (AvgIpc) is 2.59. The van der Waals surface area contributed by atoms with Crippen molar-refractivity contribution in [3.63, 3.8) is 0 Å². The zero-order chi connectivity index (χ0) is 28.1. The number of hydrogen-bond donors (Lipinski definition) is 2. The van der Waals surface area contributed by atoms with Gasteiger partial charge in [0.1, 0.15) is 0 Å². The maximum absolute atomic E-state index is 13.8. The van der Waals surface area contributed by atoms with Crippen LogP contribution in [0.3, 0.4) is 0 Å². The lowest BCUT2D eigenvalue weighted by Crippen LogP contribution is -2.55. The van der Waals surface area contributed by atoms with E-state index in [0.717, 1.165) is 0 Å². The molecule has 0 aliphatic heterocycles. The van der Waals surface area contributed by atoms with Crippen LogP contribution in [0.2, 0.25) is 0 Å². The Morgan fingerprint density at radius 2 is 1.26 bits per heavy atom. The number of sulfonamides is 1. The van der Waals surface area contributed by atoms with E-state index in [-0.39, 0.29) is 19.5 Å². The van der Waals surface area contributed by atoms with E-state index in [1.165, 1.54) is 7.05 Å². The highest BCUT2D eigenvalue weighted by Gasteiger charge is 2.74. The Morgan fingerprint density at radius 1 is 0.800 bits per heavy atom. The summed E-state index contributed by atoms with van der Waals surface area (Å²) in [5, 5.41) is 9.57. The van der Waals surface area contributed by atoms with Crippen LogP contribution in [-0.4, -0.2) is 75.0 Å². The molecule has 2 atom stereocenters. The van der Waals surface area contributed by atoms with Crippen molar-refractivity contribution >= 4 is 10.0 Å². The molecule has 0 aliphatic carbocycles. The molecule has 0 aromatic carbocycles. The van der Waals surface area contributed by atoms with Gasteiger partial charge in [-0.25, -0.2) is 17.5 Å². The number of nitrogens with one attached hydrogen (secondary N) is 1. The Kier molecular flexibility index (Phi) is 11.6. The second-order valence-electron chi connectivity index (χ2n) is 7.80. The van der Waals surface area contributed by atoms with E-state index in [2.05, 4.69) is 0 Å². The van der Waals surface area contributed by atoms with Crippen LogP contribution in [0, 0.1) is 11.8 Å². The lowest BCUT2D eigenvalue weighted by atomic mass is 9.82. The molecule has 0 heterocycles. The van der Waals surface area contributed by atoms with Crippen molar-refractivity contribution in [2.45, 2.75) is 62.5 Å². The maximum atomic E-state index is 13.8. The Labute approximate surface area is 191 Å². The third-order valence-corrected chi connectivity index (χ3v) is 6.34. The Balaban J connectivity index is 5.55. The molecule has 19 heteroatoms. The summed E-state index contributed by atoms with van der Waals surface area (Å²) in [5.74, 6) is -8.21. The topological polar surface area (TPSA) is 69.6 Å². The normalized spacial score (nSPS) is 16.6. The smallest absolute Gasteiger partial charge is 0.314 e. The van der Waals surface area contributed by atoms with Gasteiger partial charge in [0.05, 0.1) is 17.6 Å². The van der Waals surface area contributed by atoms with Crippen LogP contribution in [0.5, 0.6) is 0 Å². The number of hydrogen-bond acceptors (Lipinski definition) is 4. The largest absolute Gasteiger partial charge is 0.431 e. The molecule has 35 heavy (non-hydrogen) atoms. The van der Waals surface area contributed by atoms with E-state index in [1.807, 2.05) is 4.72 Å². The number of alkyl halides is 13. The molecule has 0 saturated carbocycles. The van der Waals surface area contributed by atoms with Crippen LogP contribution < -0.4 is 4.72 Å². The summed E-state index contributed by atoms with van der Waals surface area (Å²) in [6.07, 6.45) is -33.5. The zero-order valence-corrected chi connectivity index (χ0v) is 18.7. The van der Waals surface area contributed by atoms with Gasteiger partial charge >= 0.3 is 24.7 Å². The van der Waals surface area contributed by atoms with Crippen LogP contribution in [0.25, 0.3) is 0 Å². The van der Waals surface area contributed by atoms with Gasteiger partial charge in [-0.1, -0.05) is 0 Å². The van der Waals surface area contributed by atoms with E-state index in [4.69, 9.17) is 5.21 Å². The monoisotopic (exact) mass is 570 g/mol. The number of halogens is 13. The highest BCUT2D eigenvalue weighted by atomic mass is 32.2. The Hall–Kier alpha value is -1.08. The first-order valence-electron chi connectivity index (χ1n) is 9.66. The summed E-state index contributed by atoms with van der Waals surface area (Å²) in [6.45, 7) is -0.261. The van der Waals surface area contributed by atoms with Gasteiger partial charge in [0, 0.05) is 26.6 Å². The van der Waals surface area contributed by atoms with Gasteiger partial charge in [0.15, 0.2) is 0 Å². The van der Waals surface area contributed by atoms with Crippen molar-refractivity contribution in [3.05, 3.63) is 0 Å². The quantitative estimate of drug-likeness (QED) is 0.178. The molecule has 0 fully saturated rings. The van der Waals surface area contributed by atoms with Gasteiger partial charge < -0.3 is 5.21 Å². The summed E-state index contributed by atoms with van der Waals surface area (Å²) in [5.41, 5.74) is -6.42. The molecule has 0 amide bonds. The molecule has 5 nitrogen and oxygen atoms in total. The van der Waals surface area contributed by atoms with Crippen molar-refractivity contribution in [3.8, 4) is 0 Å². The van der Waals surface area contributed by atoms with Gasteiger partial charge in [0.25, 0.3) is 5.67 Å². The van der Waals surface area contributed by atoms with Crippen LogP contribution >= 0.6 is 0 Å². The summed E-state index contributed by atoms with van der Waals surface area (Å²) >= 11 is 0. The third kappa shape index (κ3) is 11.2. The molecular formula is C16H23F13N2O3S. The van der Waals surface area contributed by atoms with Crippen molar-refractivity contribution in [1.82, 2.24) is 9.79 Å². The summed E-state index contributed by atoms with van der Waals surface area (Å²) in [4.78, 5) is 0. The van der Waals surface area contributed by atoms with Gasteiger partial charge in [0.2, 0.25) is 10.0 Å². The average molecular weight is 570 g/mol. The van der Waals surface area contributed by atoms with E-state index in [9.17, 15) is 65.5 Å². The van der Waals surface area contributed by atoms with E-state index >= 15 is 0 Å². The predicted octanol–water partition coefficient (Wildman–Crippen LogP) is 5.37. The molecule has 0 saturated heterocycles. The fraction of sp³-hybridized carbons (Fsp3) is 1.00. The van der Waals surface area contributed by atoms with E-state index in [1.54, 1.807) is 0 Å². The summed E-state index contributed by atoms with van der Waals surface area (Å²) < 4.78 is 194. The first-order chi connectivity index (χ1) is 15.3. The second-order valence-corrected chi connectivity index (χ2v) is 9.73. The Bertz CT molecular complexity index is 732. The Morgan fingerprint density at radius 3 is 1.63 bits per heavy atom. The minimum atomic E-state index is -6.90.